The van der Waals surface area contributed by atoms with Crippen molar-refractivity contribution in [3.05, 3.63) is 96.1 Å². The van der Waals surface area contributed by atoms with E-state index in [1.807, 2.05) is 98.8 Å². The Bertz CT molecular complexity index is 1180. The van der Waals surface area contributed by atoms with Crippen LogP contribution in [-0.2, 0) is 27.4 Å². The Morgan fingerprint density at radius 1 is 0.789 bits per heavy atom. The average molecular weight is 519 g/mol. The maximum Gasteiger partial charge on any atom is 0.407 e. The van der Waals surface area contributed by atoms with Gasteiger partial charge in [-0.3, -0.25) is 4.79 Å². The van der Waals surface area contributed by atoms with Crippen molar-refractivity contribution in [1.82, 2.24) is 10.6 Å². The molecule has 0 aromatic heterocycles. The summed E-state index contributed by atoms with van der Waals surface area (Å²) in [5, 5.41) is 25.4. The second kappa shape index (κ2) is 13.9. The summed E-state index contributed by atoms with van der Waals surface area (Å²) in [7, 11) is 0. The zero-order chi connectivity index (χ0) is 27.5. The van der Waals surface area contributed by atoms with Gasteiger partial charge in [0.2, 0.25) is 0 Å². The second-order valence-electron chi connectivity index (χ2n) is 9.55. The first-order chi connectivity index (χ1) is 18.2. The van der Waals surface area contributed by atoms with E-state index in [1.165, 1.54) is 0 Å². The van der Waals surface area contributed by atoms with Gasteiger partial charge in [0.05, 0.1) is 6.04 Å². The molecule has 8 nitrogen and oxygen atoms in total. The number of amides is 2. The molecule has 3 aromatic rings. The zero-order valence-electron chi connectivity index (χ0n) is 21.5. The van der Waals surface area contributed by atoms with Gasteiger partial charge in [-0.15, -0.1) is 0 Å². The lowest BCUT2D eigenvalue weighted by Gasteiger charge is -2.25. The predicted molar refractivity (Wildman–Crippen MR) is 144 cm³/mol. The molecule has 0 aliphatic rings. The molecule has 3 atom stereocenters. The summed E-state index contributed by atoms with van der Waals surface area (Å²) in [5.74, 6) is -2.06. The summed E-state index contributed by atoms with van der Waals surface area (Å²) in [6.07, 6.45) is -2.19. The first-order valence-corrected chi connectivity index (χ1v) is 12.6. The van der Waals surface area contributed by atoms with E-state index >= 15 is 0 Å². The molecule has 200 valence electrons. The quantitative estimate of drug-likeness (QED) is 0.285. The average Bonchev–Trinajstić information content (AvgIpc) is 2.92. The van der Waals surface area contributed by atoms with Gasteiger partial charge >= 0.3 is 12.1 Å². The zero-order valence-corrected chi connectivity index (χ0v) is 21.5. The minimum atomic E-state index is -1.71. The van der Waals surface area contributed by atoms with E-state index in [-0.39, 0.29) is 25.4 Å². The summed E-state index contributed by atoms with van der Waals surface area (Å²) in [6.45, 7) is 3.69. The predicted octanol–water partition coefficient (Wildman–Crippen LogP) is 4.17. The monoisotopic (exact) mass is 518 g/mol. The van der Waals surface area contributed by atoms with Crippen LogP contribution in [0.1, 0.15) is 31.4 Å². The topological polar surface area (TPSA) is 125 Å². The Balaban J connectivity index is 1.74. The van der Waals surface area contributed by atoms with Crippen LogP contribution in [0.25, 0.3) is 11.1 Å². The van der Waals surface area contributed by atoms with E-state index in [0.717, 1.165) is 22.3 Å². The maximum absolute atomic E-state index is 12.9. The van der Waals surface area contributed by atoms with Crippen LogP contribution in [0.15, 0.2) is 84.9 Å². The standard InChI is InChI=1S/C30H34N2O6/c1-20(2)17-26(29(35)36)31-28(34)27(33)25(32-30(37)38-19-22-9-5-3-6-10-22)18-21-13-15-24(16-14-21)23-11-7-4-8-12-23/h3-16,20,25-27,33H,17-19H2,1-2H3,(H,31,34)(H,32,37)(H,35,36)/t25?,26-,27?/m0/s1. The first-order valence-electron chi connectivity index (χ1n) is 12.6. The van der Waals surface area contributed by atoms with Crippen molar-refractivity contribution in [3.63, 3.8) is 0 Å². The molecule has 0 heterocycles. The van der Waals surface area contributed by atoms with Gasteiger partial charge in [-0.1, -0.05) is 98.8 Å². The van der Waals surface area contributed by atoms with Crippen LogP contribution in [0.5, 0.6) is 0 Å². The molecule has 2 unspecified atom stereocenters. The number of ether oxygens (including phenoxy) is 1. The number of carbonyl (C=O) groups is 3. The maximum atomic E-state index is 12.9. The van der Waals surface area contributed by atoms with Crippen LogP contribution in [-0.4, -0.2) is 46.4 Å². The number of carbonyl (C=O) groups excluding carboxylic acids is 2. The second-order valence-corrected chi connectivity index (χ2v) is 9.55. The lowest BCUT2D eigenvalue weighted by atomic mass is 9.97. The van der Waals surface area contributed by atoms with Gasteiger partial charge in [-0.05, 0) is 41.0 Å². The van der Waals surface area contributed by atoms with Crippen molar-refractivity contribution < 1.29 is 29.3 Å². The summed E-state index contributed by atoms with van der Waals surface area (Å²) >= 11 is 0. The highest BCUT2D eigenvalue weighted by atomic mass is 16.5. The number of aliphatic hydroxyl groups excluding tert-OH is 1. The fourth-order valence-electron chi connectivity index (χ4n) is 4.01. The van der Waals surface area contributed by atoms with Crippen LogP contribution in [0, 0.1) is 5.92 Å². The van der Waals surface area contributed by atoms with Crippen LogP contribution in [0.2, 0.25) is 0 Å². The summed E-state index contributed by atoms with van der Waals surface area (Å²) in [5.41, 5.74) is 3.59. The third-order valence-corrected chi connectivity index (χ3v) is 6.00. The minimum absolute atomic E-state index is 0.0126. The number of hydrogen-bond acceptors (Lipinski definition) is 5. The number of carboxylic acid groups (broad SMARTS) is 1. The highest BCUT2D eigenvalue weighted by Crippen LogP contribution is 2.20. The number of carboxylic acids is 1. The highest BCUT2D eigenvalue weighted by Gasteiger charge is 2.31. The van der Waals surface area contributed by atoms with E-state index < -0.39 is 36.2 Å². The lowest BCUT2D eigenvalue weighted by Crippen LogP contribution is -2.54. The third-order valence-electron chi connectivity index (χ3n) is 6.00. The van der Waals surface area contributed by atoms with Crippen molar-refractivity contribution in [2.45, 2.75) is 51.5 Å². The molecule has 4 N–H and O–H groups in total. The Morgan fingerprint density at radius 3 is 1.95 bits per heavy atom. The van der Waals surface area contributed by atoms with E-state index in [2.05, 4.69) is 10.6 Å². The Hall–Kier alpha value is -4.17. The molecule has 0 aliphatic heterocycles. The molecular weight excluding hydrogens is 484 g/mol. The molecule has 3 aromatic carbocycles. The molecule has 0 saturated heterocycles. The molecule has 0 spiro atoms. The number of alkyl carbamates (subject to hydrolysis) is 1. The molecule has 0 bridgehead atoms. The van der Waals surface area contributed by atoms with E-state index in [0.29, 0.717) is 0 Å². The van der Waals surface area contributed by atoms with Crippen molar-refractivity contribution >= 4 is 18.0 Å². The third kappa shape index (κ3) is 8.74. The van der Waals surface area contributed by atoms with Crippen LogP contribution >= 0.6 is 0 Å². The van der Waals surface area contributed by atoms with E-state index in [4.69, 9.17) is 4.74 Å². The Kier molecular flexibility index (Phi) is 10.4. The number of rotatable bonds is 12. The van der Waals surface area contributed by atoms with E-state index in [1.54, 1.807) is 0 Å². The van der Waals surface area contributed by atoms with Crippen molar-refractivity contribution in [2.75, 3.05) is 0 Å². The van der Waals surface area contributed by atoms with Gasteiger partial charge in [0.1, 0.15) is 12.6 Å². The van der Waals surface area contributed by atoms with Crippen LogP contribution in [0.3, 0.4) is 0 Å². The number of nitrogens with one attached hydrogen (secondary N) is 2. The van der Waals surface area contributed by atoms with E-state index in [9.17, 15) is 24.6 Å². The lowest BCUT2D eigenvalue weighted by molar-refractivity contribution is -0.144. The molecule has 2 amide bonds. The number of aliphatic carboxylic acids is 1. The van der Waals surface area contributed by atoms with Crippen molar-refractivity contribution in [3.8, 4) is 11.1 Å². The molecule has 8 heteroatoms. The normalized spacial score (nSPS) is 13.3. The Morgan fingerprint density at radius 2 is 1.37 bits per heavy atom. The largest absolute Gasteiger partial charge is 0.480 e. The van der Waals surface area contributed by atoms with Crippen molar-refractivity contribution in [2.24, 2.45) is 5.92 Å². The summed E-state index contributed by atoms with van der Waals surface area (Å²) in [4.78, 5) is 37.1. The van der Waals surface area contributed by atoms with Gasteiger partial charge < -0.3 is 25.6 Å². The number of hydrogen-bond donors (Lipinski definition) is 4. The van der Waals surface area contributed by atoms with Crippen LogP contribution in [0.4, 0.5) is 4.79 Å². The smallest absolute Gasteiger partial charge is 0.407 e. The molecule has 0 fully saturated rings. The van der Waals surface area contributed by atoms with Gasteiger partial charge in [0.25, 0.3) is 5.91 Å². The van der Waals surface area contributed by atoms with Gasteiger partial charge in [-0.25, -0.2) is 9.59 Å². The fourth-order valence-corrected chi connectivity index (χ4v) is 4.01. The first kappa shape index (κ1) is 28.4. The minimum Gasteiger partial charge on any atom is -0.480 e. The molecule has 3 rings (SSSR count). The fraction of sp³-hybridized carbons (Fsp3) is 0.300. The van der Waals surface area contributed by atoms with Crippen molar-refractivity contribution in [1.29, 1.82) is 0 Å². The molecule has 38 heavy (non-hydrogen) atoms. The molecule has 0 radical (unpaired) electrons. The summed E-state index contributed by atoms with van der Waals surface area (Å²) < 4.78 is 5.29. The SMILES string of the molecule is CC(C)C[C@H](NC(=O)C(O)C(Cc1ccc(-c2ccccc2)cc1)NC(=O)OCc1ccccc1)C(=O)O. The van der Waals surface area contributed by atoms with Gasteiger partial charge in [-0.2, -0.15) is 0 Å². The number of aliphatic hydroxyl groups is 1. The summed E-state index contributed by atoms with van der Waals surface area (Å²) in [6, 6.07) is 24.3. The van der Waals surface area contributed by atoms with Crippen LogP contribution < -0.4 is 10.6 Å². The van der Waals surface area contributed by atoms with Gasteiger partial charge in [0.15, 0.2) is 6.10 Å². The molecule has 0 saturated carbocycles. The van der Waals surface area contributed by atoms with Gasteiger partial charge in [0, 0.05) is 0 Å². The highest BCUT2D eigenvalue weighted by molar-refractivity contribution is 5.87. The molecule has 0 aliphatic carbocycles. The Labute approximate surface area is 222 Å². The number of benzene rings is 3. The molecular formula is C30H34N2O6.